The van der Waals surface area contributed by atoms with Crippen LogP contribution < -0.4 is 10.6 Å². The van der Waals surface area contributed by atoms with Crippen LogP contribution in [-0.2, 0) is 9.59 Å². The van der Waals surface area contributed by atoms with Gasteiger partial charge in [0.2, 0.25) is 5.91 Å². The van der Waals surface area contributed by atoms with Gasteiger partial charge < -0.3 is 20.6 Å². The number of carboxylic acid groups (broad SMARTS) is 1. The standard InChI is InChI=1S/C12H21N3O4/c1-8-3-6-15(10(7-8)11(17)18)12(19)14-5-4-13-9(2)16/h8,10H,3-7H2,1-2H3,(H,13,16)(H,14,19)(H,17,18). The second-order valence-corrected chi connectivity index (χ2v) is 4.89. The Morgan fingerprint density at radius 2 is 1.89 bits per heavy atom. The maximum Gasteiger partial charge on any atom is 0.326 e. The monoisotopic (exact) mass is 271 g/mol. The second-order valence-electron chi connectivity index (χ2n) is 4.89. The van der Waals surface area contributed by atoms with Crippen molar-refractivity contribution in [2.24, 2.45) is 5.92 Å². The first-order valence-corrected chi connectivity index (χ1v) is 6.43. The number of carboxylic acids is 1. The van der Waals surface area contributed by atoms with Gasteiger partial charge >= 0.3 is 12.0 Å². The van der Waals surface area contributed by atoms with E-state index >= 15 is 0 Å². The van der Waals surface area contributed by atoms with Crippen molar-refractivity contribution in [1.82, 2.24) is 15.5 Å². The van der Waals surface area contributed by atoms with Crippen LogP contribution in [0.4, 0.5) is 4.79 Å². The highest BCUT2D eigenvalue weighted by Gasteiger charge is 2.34. The largest absolute Gasteiger partial charge is 0.480 e. The Morgan fingerprint density at radius 1 is 1.26 bits per heavy atom. The fraction of sp³-hybridized carbons (Fsp3) is 0.750. The molecule has 3 N–H and O–H groups in total. The third-order valence-electron chi connectivity index (χ3n) is 3.19. The summed E-state index contributed by atoms with van der Waals surface area (Å²) in [6, 6.07) is -1.14. The molecule has 0 spiro atoms. The third kappa shape index (κ3) is 4.76. The Morgan fingerprint density at radius 3 is 2.47 bits per heavy atom. The number of urea groups is 1. The van der Waals surface area contributed by atoms with Crippen molar-refractivity contribution >= 4 is 17.9 Å². The summed E-state index contributed by atoms with van der Waals surface area (Å²) in [5.74, 6) is -0.822. The number of nitrogens with zero attached hydrogens (tertiary/aromatic N) is 1. The van der Waals surface area contributed by atoms with Crippen molar-refractivity contribution in [3.63, 3.8) is 0 Å². The first-order chi connectivity index (χ1) is 8.91. The minimum Gasteiger partial charge on any atom is -0.480 e. The average molecular weight is 271 g/mol. The molecule has 0 aromatic rings. The highest BCUT2D eigenvalue weighted by Crippen LogP contribution is 2.22. The van der Waals surface area contributed by atoms with Gasteiger partial charge in [-0.25, -0.2) is 9.59 Å². The van der Waals surface area contributed by atoms with E-state index in [9.17, 15) is 14.4 Å². The molecule has 7 heteroatoms. The highest BCUT2D eigenvalue weighted by atomic mass is 16.4. The van der Waals surface area contributed by atoms with E-state index in [1.54, 1.807) is 0 Å². The molecule has 108 valence electrons. The molecule has 1 fully saturated rings. The number of amides is 3. The van der Waals surface area contributed by atoms with Crippen LogP contribution >= 0.6 is 0 Å². The van der Waals surface area contributed by atoms with Crippen molar-refractivity contribution in [2.45, 2.75) is 32.7 Å². The first-order valence-electron chi connectivity index (χ1n) is 6.43. The Hall–Kier alpha value is -1.79. The number of nitrogens with one attached hydrogen (secondary N) is 2. The van der Waals surface area contributed by atoms with E-state index in [1.807, 2.05) is 6.92 Å². The molecule has 0 aromatic carbocycles. The lowest BCUT2D eigenvalue weighted by Gasteiger charge is -2.35. The van der Waals surface area contributed by atoms with E-state index < -0.39 is 12.0 Å². The molecule has 2 unspecified atom stereocenters. The van der Waals surface area contributed by atoms with E-state index in [1.165, 1.54) is 11.8 Å². The second kappa shape index (κ2) is 6.96. The Balaban J connectivity index is 2.45. The molecule has 1 heterocycles. The van der Waals surface area contributed by atoms with Crippen LogP contribution in [0.5, 0.6) is 0 Å². The molecule has 1 aliphatic rings. The van der Waals surface area contributed by atoms with Crippen LogP contribution in [0.15, 0.2) is 0 Å². The van der Waals surface area contributed by atoms with Gasteiger partial charge in [-0.2, -0.15) is 0 Å². The van der Waals surface area contributed by atoms with Crippen LogP contribution in [0.2, 0.25) is 0 Å². The van der Waals surface area contributed by atoms with Crippen LogP contribution in [0.3, 0.4) is 0 Å². The molecule has 1 aliphatic heterocycles. The number of hydrogen-bond donors (Lipinski definition) is 3. The summed E-state index contributed by atoms with van der Waals surface area (Å²) in [7, 11) is 0. The van der Waals surface area contributed by atoms with Crippen molar-refractivity contribution in [1.29, 1.82) is 0 Å². The van der Waals surface area contributed by atoms with Crippen molar-refractivity contribution in [2.75, 3.05) is 19.6 Å². The van der Waals surface area contributed by atoms with E-state index in [0.717, 1.165) is 6.42 Å². The quantitative estimate of drug-likeness (QED) is 0.628. The molecule has 0 radical (unpaired) electrons. The molecule has 3 amide bonds. The average Bonchev–Trinajstić information content (AvgIpc) is 2.33. The molecular weight excluding hydrogens is 250 g/mol. The van der Waals surface area contributed by atoms with Gasteiger partial charge in [0, 0.05) is 26.6 Å². The number of piperidine rings is 1. The van der Waals surface area contributed by atoms with Gasteiger partial charge in [0.15, 0.2) is 0 Å². The zero-order valence-electron chi connectivity index (χ0n) is 11.3. The van der Waals surface area contributed by atoms with E-state index in [4.69, 9.17) is 5.11 Å². The lowest BCUT2D eigenvalue weighted by atomic mass is 9.93. The van der Waals surface area contributed by atoms with Gasteiger partial charge in [-0.05, 0) is 18.8 Å². The van der Waals surface area contributed by atoms with Crippen LogP contribution in [0, 0.1) is 5.92 Å². The summed E-state index contributed by atoms with van der Waals surface area (Å²) in [6.07, 6.45) is 1.29. The summed E-state index contributed by atoms with van der Waals surface area (Å²) >= 11 is 0. The highest BCUT2D eigenvalue weighted by molar-refractivity contribution is 5.83. The van der Waals surface area contributed by atoms with Gasteiger partial charge in [0.05, 0.1) is 0 Å². The molecule has 7 nitrogen and oxygen atoms in total. The Labute approximate surface area is 112 Å². The number of aliphatic carboxylic acids is 1. The maximum atomic E-state index is 11.9. The minimum absolute atomic E-state index is 0.163. The molecule has 19 heavy (non-hydrogen) atoms. The number of hydrogen-bond acceptors (Lipinski definition) is 3. The SMILES string of the molecule is CC(=O)NCCNC(=O)N1CCC(C)CC1C(=O)O. The minimum atomic E-state index is -0.969. The van der Waals surface area contributed by atoms with Gasteiger partial charge in [-0.15, -0.1) is 0 Å². The van der Waals surface area contributed by atoms with Crippen molar-refractivity contribution < 1.29 is 19.5 Å². The van der Waals surface area contributed by atoms with E-state index in [-0.39, 0.29) is 18.5 Å². The topological polar surface area (TPSA) is 98.7 Å². The fourth-order valence-electron chi connectivity index (χ4n) is 2.13. The molecule has 1 saturated heterocycles. The molecule has 0 aromatic heterocycles. The summed E-state index contributed by atoms with van der Waals surface area (Å²) < 4.78 is 0. The zero-order valence-corrected chi connectivity index (χ0v) is 11.3. The number of likely N-dealkylation sites (tertiary alicyclic amines) is 1. The summed E-state index contributed by atoms with van der Waals surface area (Å²) in [5.41, 5.74) is 0. The maximum absolute atomic E-state index is 11.9. The molecule has 0 saturated carbocycles. The molecule has 2 atom stereocenters. The zero-order chi connectivity index (χ0) is 14.4. The van der Waals surface area contributed by atoms with Crippen LogP contribution in [0.25, 0.3) is 0 Å². The molecule has 0 aliphatic carbocycles. The van der Waals surface area contributed by atoms with Crippen LogP contribution in [-0.4, -0.2) is 53.6 Å². The smallest absolute Gasteiger partial charge is 0.326 e. The van der Waals surface area contributed by atoms with Gasteiger partial charge in [-0.3, -0.25) is 4.79 Å². The summed E-state index contributed by atoms with van der Waals surface area (Å²) in [6.45, 7) is 4.46. The van der Waals surface area contributed by atoms with E-state index in [2.05, 4.69) is 10.6 Å². The predicted molar refractivity (Wildman–Crippen MR) is 68.6 cm³/mol. The molecule has 0 bridgehead atoms. The van der Waals surface area contributed by atoms with Crippen molar-refractivity contribution in [3.8, 4) is 0 Å². The predicted octanol–water partition coefficient (Wildman–Crippen LogP) is 0.0172. The van der Waals surface area contributed by atoms with Gasteiger partial charge in [-0.1, -0.05) is 6.92 Å². The number of carbonyl (C=O) groups excluding carboxylic acids is 2. The van der Waals surface area contributed by atoms with Gasteiger partial charge in [0.25, 0.3) is 0 Å². The number of carbonyl (C=O) groups is 3. The summed E-state index contributed by atoms with van der Waals surface area (Å²) in [4.78, 5) is 35.1. The summed E-state index contributed by atoms with van der Waals surface area (Å²) in [5, 5.41) is 14.3. The fourth-order valence-corrected chi connectivity index (χ4v) is 2.13. The van der Waals surface area contributed by atoms with Gasteiger partial charge in [0.1, 0.15) is 6.04 Å². The first kappa shape index (κ1) is 15.3. The molecule has 1 rings (SSSR count). The molecular formula is C12H21N3O4. The third-order valence-corrected chi connectivity index (χ3v) is 3.19. The Bertz CT molecular complexity index is 359. The van der Waals surface area contributed by atoms with E-state index in [0.29, 0.717) is 25.4 Å². The van der Waals surface area contributed by atoms with Crippen molar-refractivity contribution in [3.05, 3.63) is 0 Å². The lowest BCUT2D eigenvalue weighted by Crippen LogP contribution is -2.54. The Kier molecular flexibility index (Phi) is 5.59. The van der Waals surface area contributed by atoms with Crippen LogP contribution in [0.1, 0.15) is 26.7 Å². The lowest BCUT2D eigenvalue weighted by molar-refractivity contribution is -0.143. The number of rotatable bonds is 4. The normalized spacial score (nSPS) is 22.7.